The number of carbonyl (C=O) groups is 1. The Kier molecular flexibility index (Phi) is 6.94. The highest BCUT2D eigenvalue weighted by Gasteiger charge is 2.36. The summed E-state index contributed by atoms with van der Waals surface area (Å²) < 4.78 is 47.1. The number of carbonyl (C=O) groups excluding carboxylic acids is 1. The molecule has 2 aromatic rings. The van der Waals surface area contributed by atoms with Crippen molar-refractivity contribution in [2.75, 3.05) is 0 Å². The van der Waals surface area contributed by atoms with Crippen molar-refractivity contribution >= 4 is 17.6 Å². The fraction of sp³-hybridized carbons (Fsp3) is 0.423. The first-order chi connectivity index (χ1) is 15.4. The van der Waals surface area contributed by atoms with E-state index >= 15 is 0 Å². The zero-order valence-electron chi connectivity index (χ0n) is 17.9. The van der Waals surface area contributed by atoms with Crippen LogP contribution in [-0.2, 0) is 0 Å². The van der Waals surface area contributed by atoms with E-state index < -0.39 is 28.4 Å². The van der Waals surface area contributed by atoms with Crippen molar-refractivity contribution in [3.05, 3.63) is 76.1 Å². The van der Waals surface area contributed by atoms with E-state index in [4.69, 9.17) is 16.3 Å². The van der Waals surface area contributed by atoms with Crippen molar-refractivity contribution in [3.63, 3.8) is 0 Å². The molecule has 32 heavy (non-hydrogen) atoms. The Bertz CT molecular complexity index is 1010. The molecule has 4 unspecified atom stereocenters. The van der Waals surface area contributed by atoms with Gasteiger partial charge in [0.1, 0.15) is 28.2 Å². The van der Waals surface area contributed by atoms with Crippen molar-refractivity contribution in [2.24, 2.45) is 17.8 Å². The van der Waals surface area contributed by atoms with E-state index in [9.17, 15) is 18.0 Å². The van der Waals surface area contributed by atoms with Gasteiger partial charge in [0, 0.05) is 12.1 Å². The number of allylic oxidation sites excluding steroid dienone is 2. The summed E-state index contributed by atoms with van der Waals surface area (Å²) in [5, 5.41) is -0.676. The lowest BCUT2D eigenvalue weighted by Gasteiger charge is -2.41. The van der Waals surface area contributed by atoms with Crippen molar-refractivity contribution in [1.82, 2.24) is 0 Å². The number of benzene rings is 2. The minimum absolute atomic E-state index is 0.0115. The van der Waals surface area contributed by atoms with Crippen LogP contribution < -0.4 is 4.74 Å². The second-order valence-electron chi connectivity index (χ2n) is 8.96. The minimum Gasteiger partial charge on any atom is -0.423 e. The standard InChI is InChI=1S/C26H26ClF3O2/c1-2-3-15-4-5-17-11-18(7-6-16(17)10-15)21-9-8-19(12-22(21)28)26(31)32-20-13-23(29)25(27)24(30)14-20/h2-3,8-9,12-18H,4-7,10-11H2,1H3/b3-2+. The Labute approximate surface area is 191 Å². The summed E-state index contributed by atoms with van der Waals surface area (Å²) >= 11 is 5.44. The molecule has 4 rings (SSSR count). The molecule has 2 aliphatic carbocycles. The number of ether oxygens (including phenoxy) is 1. The first-order valence-electron chi connectivity index (χ1n) is 11.1. The summed E-state index contributed by atoms with van der Waals surface area (Å²) in [6.07, 6.45) is 11.0. The average Bonchev–Trinajstić information content (AvgIpc) is 2.77. The van der Waals surface area contributed by atoms with Gasteiger partial charge in [0.2, 0.25) is 0 Å². The van der Waals surface area contributed by atoms with Gasteiger partial charge in [0.25, 0.3) is 0 Å². The van der Waals surface area contributed by atoms with Gasteiger partial charge >= 0.3 is 5.97 Å². The van der Waals surface area contributed by atoms with Crippen LogP contribution in [0.15, 0.2) is 42.5 Å². The van der Waals surface area contributed by atoms with E-state index in [-0.39, 0.29) is 17.2 Å². The monoisotopic (exact) mass is 462 g/mol. The maximum absolute atomic E-state index is 14.9. The van der Waals surface area contributed by atoms with Gasteiger partial charge in [0.15, 0.2) is 0 Å². The topological polar surface area (TPSA) is 26.3 Å². The third-order valence-electron chi connectivity index (χ3n) is 6.96. The van der Waals surface area contributed by atoms with Gasteiger partial charge in [-0.25, -0.2) is 18.0 Å². The molecule has 2 saturated carbocycles. The highest BCUT2D eigenvalue weighted by atomic mass is 35.5. The first-order valence-corrected chi connectivity index (χ1v) is 11.5. The van der Waals surface area contributed by atoms with Gasteiger partial charge in [-0.3, -0.25) is 0 Å². The lowest BCUT2D eigenvalue weighted by Crippen LogP contribution is -2.30. The normalized spacial score (nSPS) is 25.5. The van der Waals surface area contributed by atoms with Crippen LogP contribution in [0.2, 0.25) is 5.02 Å². The number of rotatable bonds is 4. The van der Waals surface area contributed by atoms with Crippen molar-refractivity contribution in [1.29, 1.82) is 0 Å². The smallest absolute Gasteiger partial charge is 0.343 e. The Morgan fingerprint density at radius 2 is 1.66 bits per heavy atom. The fourth-order valence-corrected chi connectivity index (χ4v) is 5.51. The molecule has 2 fully saturated rings. The molecular weight excluding hydrogens is 437 g/mol. The summed E-state index contributed by atoms with van der Waals surface area (Å²) in [4.78, 5) is 12.4. The summed E-state index contributed by atoms with van der Waals surface area (Å²) in [5.74, 6) is -1.60. The van der Waals surface area contributed by atoms with Crippen molar-refractivity contribution < 1.29 is 22.7 Å². The van der Waals surface area contributed by atoms with E-state index in [1.165, 1.54) is 25.3 Å². The van der Waals surface area contributed by atoms with Crippen LogP contribution in [0.25, 0.3) is 0 Å². The number of halogens is 4. The van der Waals surface area contributed by atoms with Crippen LogP contribution in [0.4, 0.5) is 13.2 Å². The molecular formula is C26H26ClF3O2. The van der Waals surface area contributed by atoms with Gasteiger partial charge in [-0.05, 0) is 86.8 Å². The van der Waals surface area contributed by atoms with Gasteiger partial charge in [-0.15, -0.1) is 0 Å². The lowest BCUT2D eigenvalue weighted by molar-refractivity contribution is 0.0733. The summed E-state index contributed by atoms with van der Waals surface area (Å²) in [7, 11) is 0. The Balaban J connectivity index is 1.43. The Morgan fingerprint density at radius 3 is 2.34 bits per heavy atom. The average molecular weight is 463 g/mol. The minimum atomic E-state index is -1.04. The van der Waals surface area contributed by atoms with Crippen LogP contribution >= 0.6 is 11.6 Å². The molecule has 0 aliphatic heterocycles. The SMILES string of the molecule is C/C=C/C1CCC2CC(c3ccc(C(=O)Oc4cc(F)c(Cl)c(F)c4)cc3F)CCC2C1. The molecule has 0 N–H and O–H groups in total. The zero-order chi connectivity index (χ0) is 22.8. The van der Waals surface area contributed by atoms with E-state index in [1.807, 2.05) is 0 Å². The van der Waals surface area contributed by atoms with E-state index in [0.29, 0.717) is 23.3 Å². The number of hydrogen-bond acceptors (Lipinski definition) is 2. The van der Waals surface area contributed by atoms with Crippen molar-refractivity contribution in [3.8, 4) is 5.75 Å². The Hall–Kier alpha value is -2.27. The molecule has 2 nitrogen and oxygen atoms in total. The maximum atomic E-state index is 14.9. The second-order valence-corrected chi connectivity index (χ2v) is 9.33. The molecule has 0 amide bonds. The maximum Gasteiger partial charge on any atom is 0.343 e. The highest BCUT2D eigenvalue weighted by molar-refractivity contribution is 6.30. The van der Waals surface area contributed by atoms with Crippen LogP contribution in [0.3, 0.4) is 0 Å². The van der Waals surface area contributed by atoms with Gasteiger partial charge < -0.3 is 4.74 Å². The largest absolute Gasteiger partial charge is 0.423 e. The van der Waals surface area contributed by atoms with Gasteiger partial charge in [0.05, 0.1) is 5.56 Å². The third kappa shape index (κ3) is 4.88. The van der Waals surface area contributed by atoms with E-state index in [0.717, 1.165) is 37.5 Å². The molecule has 0 saturated heterocycles. The predicted molar refractivity (Wildman–Crippen MR) is 118 cm³/mol. The highest BCUT2D eigenvalue weighted by Crippen LogP contribution is 2.48. The molecule has 2 aromatic carbocycles. The van der Waals surface area contributed by atoms with E-state index in [2.05, 4.69) is 19.1 Å². The molecule has 0 heterocycles. The van der Waals surface area contributed by atoms with Crippen molar-refractivity contribution in [2.45, 2.75) is 51.4 Å². The number of fused-ring (bicyclic) bond motifs is 1. The predicted octanol–water partition coefficient (Wildman–Crippen LogP) is 7.85. The molecule has 6 heteroatoms. The second kappa shape index (κ2) is 9.70. The molecule has 4 atom stereocenters. The molecule has 0 bridgehead atoms. The third-order valence-corrected chi connectivity index (χ3v) is 7.32. The molecule has 0 aromatic heterocycles. The molecule has 170 valence electrons. The summed E-state index contributed by atoms with van der Waals surface area (Å²) in [6.45, 7) is 2.07. The van der Waals surface area contributed by atoms with E-state index in [1.54, 1.807) is 6.07 Å². The zero-order valence-corrected chi connectivity index (χ0v) is 18.7. The number of esters is 1. The molecule has 2 aliphatic rings. The summed E-state index contributed by atoms with van der Waals surface area (Å²) in [5.41, 5.74) is 0.613. The first kappa shape index (κ1) is 22.9. The fourth-order valence-electron chi connectivity index (χ4n) is 5.40. The van der Waals surface area contributed by atoms with Crippen LogP contribution in [0, 0.1) is 35.2 Å². The van der Waals surface area contributed by atoms with Crippen LogP contribution in [0.5, 0.6) is 5.75 Å². The summed E-state index contributed by atoms with van der Waals surface area (Å²) in [6, 6.07) is 5.94. The quantitative estimate of drug-likeness (QED) is 0.200. The van der Waals surface area contributed by atoms with Gasteiger partial charge in [-0.2, -0.15) is 0 Å². The van der Waals surface area contributed by atoms with Crippen LogP contribution in [-0.4, -0.2) is 5.97 Å². The Morgan fingerprint density at radius 1 is 0.969 bits per heavy atom. The molecule has 0 spiro atoms. The van der Waals surface area contributed by atoms with Gasteiger partial charge in [-0.1, -0.05) is 29.8 Å². The lowest BCUT2D eigenvalue weighted by atomic mass is 9.64. The molecule has 0 radical (unpaired) electrons. The van der Waals surface area contributed by atoms with Crippen LogP contribution in [0.1, 0.15) is 67.3 Å². The number of hydrogen-bond donors (Lipinski definition) is 0.